The Labute approximate surface area is 133 Å². The first kappa shape index (κ1) is 16.8. The number of benzene rings is 1. The number of carbonyl (C=O) groups excluding carboxylic acids is 1. The molecular weight excluding hydrogens is 276 g/mol. The van der Waals surface area contributed by atoms with Crippen LogP contribution in [0.3, 0.4) is 0 Å². The van der Waals surface area contributed by atoms with Crippen LogP contribution in [-0.4, -0.2) is 25.6 Å². The van der Waals surface area contributed by atoms with Crippen molar-refractivity contribution in [3.8, 4) is 5.75 Å². The van der Waals surface area contributed by atoms with E-state index in [-0.39, 0.29) is 5.91 Å². The van der Waals surface area contributed by atoms with Crippen LogP contribution < -0.4 is 15.4 Å². The minimum absolute atomic E-state index is 0.0898. The normalized spacial score (nSPS) is 16.0. The van der Waals surface area contributed by atoms with E-state index in [0.29, 0.717) is 19.0 Å². The number of ether oxygens (including phenoxy) is 1. The number of carbonyl (C=O) groups is 1. The van der Waals surface area contributed by atoms with Crippen LogP contribution in [0.15, 0.2) is 24.3 Å². The largest absolute Gasteiger partial charge is 0.496 e. The number of hydrogen-bond acceptors (Lipinski definition) is 3. The van der Waals surface area contributed by atoms with Gasteiger partial charge in [0, 0.05) is 31.1 Å². The lowest BCUT2D eigenvalue weighted by atomic mass is 10.1. The zero-order valence-electron chi connectivity index (χ0n) is 13.6. The average Bonchev–Trinajstić information content (AvgIpc) is 2.82. The van der Waals surface area contributed by atoms with E-state index in [9.17, 15) is 4.79 Å². The summed E-state index contributed by atoms with van der Waals surface area (Å²) in [7, 11) is 1.65. The Morgan fingerprint density at radius 1 is 1.18 bits per heavy atom. The fraction of sp³-hybridized carbons (Fsp3) is 0.611. The molecule has 0 aromatic heterocycles. The van der Waals surface area contributed by atoms with E-state index >= 15 is 0 Å². The van der Waals surface area contributed by atoms with Crippen LogP contribution in [0.2, 0.25) is 0 Å². The molecule has 1 aromatic carbocycles. The van der Waals surface area contributed by atoms with Gasteiger partial charge in [-0.15, -0.1) is 0 Å². The van der Waals surface area contributed by atoms with Crippen molar-refractivity contribution in [2.24, 2.45) is 0 Å². The van der Waals surface area contributed by atoms with Crippen molar-refractivity contribution in [3.05, 3.63) is 29.8 Å². The van der Waals surface area contributed by atoms with E-state index in [0.717, 1.165) is 17.9 Å². The number of nitrogens with one attached hydrogen (secondary N) is 2. The van der Waals surface area contributed by atoms with Crippen molar-refractivity contribution in [2.75, 3.05) is 13.7 Å². The Kier molecular flexibility index (Phi) is 7.23. The zero-order valence-corrected chi connectivity index (χ0v) is 13.6. The quantitative estimate of drug-likeness (QED) is 0.761. The molecule has 4 nitrogen and oxygen atoms in total. The molecule has 122 valence electrons. The Bertz CT molecular complexity index is 454. The third-order valence-corrected chi connectivity index (χ3v) is 4.31. The third kappa shape index (κ3) is 5.68. The van der Waals surface area contributed by atoms with E-state index in [1.165, 1.54) is 38.5 Å². The monoisotopic (exact) mass is 304 g/mol. The van der Waals surface area contributed by atoms with E-state index in [1.807, 2.05) is 24.3 Å². The lowest BCUT2D eigenvalue weighted by Gasteiger charge is -2.16. The molecule has 0 atom stereocenters. The summed E-state index contributed by atoms with van der Waals surface area (Å²) in [6, 6.07) is 8.38. The standard InChI is InChI=1S/C18H28N2O2/c1-22-17-11-7-6-8-15(17)14-20-18(21)12-13-19-16-9-4-2-3-5-10-16/h6-8,11,16,19H,2-5,9-10,12-14H2,1H3,(H,20,21). The van der Waals surface area contributed by atoms with Gasteiger partial charge in [0.15, 0.2) is 0 Å². The van der Waals surface area contributed by atoms with Gasteiger partial charge in [0.05, 0.1) is 7.11 Å². The molecule has 1 fully saturated rings. The molecule has 0 radical (unpaired) electrons. The van der Waals surface area contributed by atoms with Crippen LogP contribution in [-0.2, 0) is 11.3 Å². The Morgan fingerprint density at radius 3 is 2.64 bits per heavy atom. The Morgan fingerprint density at radius 2 is 1.91 bits per heavy atom. The number of amides is 1. The number of hydrogen-bond donors (Lipinski definition) is 2. The van der Waals surface area contributed by atoms with Crippen LogP contribution in [0.4, 0.5) is 0 Å². The van der Waals surface area contributed by atoms with E-state index in [4.69, 9.17) is 4.74 Å². The smallest absolute Gasteiger partial charge is 0.221 e. The first-order valence-electron chi connectivity index (χ1n) is 8.41. The van der Waals surface area contributed by atoms with E-state index in [1.54, 1.807) is 7.11 Å². The Balaban J connectivity index is 1.65. The van der Waals surface area contributed by atoms with Gasteiger partial charge >= 0.3 is 0 Å². The minimum atomic E-state index is 0.0898. The van der Waals surface area contributed by atoms with Gasteiger partial charge in [0.2, 0.25) is 5.91 Å². The molecule has 1 aromatic rings. The predicted octanol–water partition coefficient (Wildman–Crippen LogP) is 3.01. The summed E-state index contributed by atoms with van der Waals surface area (Å²) in [5, 5.41) is 6.49. The lowest BCUT2D eigenvalue weighted by molar-refractivity contribution is -0.121. The average molecular weight is 304 g/mol. The first-order chi connectivity index (χ1) is 10.8. The van der Waals surface area contributed by atoms with Gasteiger partial charge in [-0.25, -0.2) is 0 Å². The van der Waals surface area contributed by atoms with Gasteiger partial charge in [-0.2, -0.15) is 0 Å². The molecule has 0 saturated heterocycles. The van der Waals surface area contributed by atoms with Gasteiger partial charge in [-0.3, -0.25) is 4.79 Å². The molecule has 0 unspecified atom stereocenters. The second-order valence-corrected chi connectivity index (χ2v) is 5.98. The maximum absolute atomic E-state index is 11.9. The summed E-state index contributed by atoms with van der Waals surface area (Å²) >= 11 is 0. The second-order valence-electron chi connectivity index (χ2n) is 5.98. The molecular formula is C18H28N2O2. The molecule has 1 aliphatic rings. The highest BCUT2D eigenvalue weighted by Crippen LogP contribution is 2.17. The highest BCUT2D eigenvalue weighted by molar-refractivity contribution is 5.76. The summed E-state index contributed by atoms with van der Waals surface area (Å²) in [6.45, 7) is 1.29. The molecule has 2 rings (SSSR count). The number of para-hydroxylation sites is 1. The SMILES string of the molecule is COc1ccccc1CNC(=O)CCNC1CCCCCC1. The van der Waals surface area contributed by atoms with Crippen molar-refractivity contribution < 1.29 is 9.53 Å². The van der Waals surface area contributed by atoms with Crippen LogP contribution in [0.1, 0.15) is 50.5 Å². The van der Waals surface area contributed by atoms with E-state index < -0.39 is 0 Å². The van der Waals surface area contributed by atoms with Gasteiger partial charge in [-0.05, 0) is 18.9 Å². The Hall–Kier alpha value is -1.55. The molecule has 0 heterocycles. The molecule has 1 aliphatic carbocycles. The van der Waals surface area contributed by atoms with Crippen LogP contribution >= 0.6 is 0 Å². The molecule has 2 N–H and O–H groups in total. The van der Waals surface area contributed by atoms with Crippen molar-refractivity contribution in [1.82, 2.24) is 10.6 Å². The summed E-state index contributed by atoms with van der Waals surface area (Å²) in [5.74, 6) is 0.909. The van der Waals surface area contributed by atoms with Crippen molar-refractivity contribution >= 4 is 5.91 Å². The second kappa shape index (κ2) is 9.46. The van der Waals surface area contributed by atoms with E-state index in [2.05, 4.69) is 10.6 Å². The highest BCUT2D eigenvalue weighted by atomic mass is 16.5. The minimum Gasteiger partial charge on any atom is -0.496 e. The molecule has 4 heteroatoms. The molecule has 0 aliphatic heterocycles. The zero-order chi connectivity index (χ0) is 15.6. The molecule has 1 amide bonds. The van der Waals surface area contributed by atoms with Gasteiger partial charge in [0.1, 0.15) is 5.75 Å². The molecule has 0 spiro atoms. The van der Waals surface area contributed by atoms with Crippen molar-refractivity contribution in [1.29, 1.82) is 0 Å². The predicted molar refractivity (Wildman–Crippen MR) is 89.0 cm³/mol. The van der Waals surface area contributed by atoms with Gasteiger partial charge in [-0.1, -0.05) is 43.9 Å². The maximum Gasteiger partial charge on any atom is 0.221 e. The summed E-state index contributed by atoms with van der Waals surface area (Å²) in [5.41, 5.74) is 1.01. The fourth-order valence-electron chi connectivity index (χ4n) is 3.00. The third-order valence-electron chi connectivity index (χ3n) is 4.31. The molecule has 22 heavy (non-hydrogen) atoms. The van der Waals surface area contributed by atoms with Crippen molar-refractivity contribution in [3.63, 3.8) is 0 Å². The summed E-state index contributed by atoms with van der Waals surface area (Å²) < 4.78 is 5.29. The molecule has 1 saturated carbocycles. The summed E-state index contributed by atoms with van der Waals surface area (Å²) in [6.07, 6.45) is 8.39. The van der Waals surface area contributed by atoms with Gasteiger partial charge in [0.25, 0.3) is 0 Å². The molecule has 0 bridgehead atoms. The van der Waals surface area contributed by atoms with Gasteiger partial charge < -0.3 is 15.4 Å². The highest BCUT2D eigenvalue weighted by Gasteiger charge is 2.12. The maximum atomic E-state index is 11.9. The van der Waals surface area contributed by atoms with Crippen LogP contribution in [0.5, 0.6) is 5.75 Å². The fourth-order valence-corrected chi connectivity index (χ4v) is 3.00. The number of rotatable bonds is 7. The van der Waals surface area contributed by atoms with Crippen molar-refractivity contribution in [2.45, 2.75) is 57.5 Å². The topological polar surface area (TPSA) is 50.4 Å². The number of methoxy groups -OCH3 is 1. The first-order valence-corrected chi connectivity index (χ1v) is 8.41. The summed E-state index contributed by atoms with van der Waals surface area (Å²) in [4.78, 5) is 11.9. The lowest BCUT2D eigenvalue weighted by Crippen LogP contribution is -2.33. The van der Waals surface area contributed by atoms with Crippen LogP contribution in [0, 0.1) is 0 Å². The van der Waals surface area contributed by atoms with Crippen LogP contribution in [0.25, 0.3) is 0 Å².